The number of nitrogens with zero attached hydrogens (tertiary/aromatic N) is 2. The van der Waals surface area contributed by atoms with Crippen molar-refractivity contribution in [2.45, 2.75) is 39.7 Å². The van der Waals surface area contributed by atoms with E-state index in [1.807, 2.05) is 18.2 Å². The van der Waals surface area contributed by atoms with Gasteiger partial charge >= 0.3 is 5.97 Å². The van der Waals surface area contributed by atoms with E-state index in [1.54, 1.807) is 50.8 Å². The number of methoxy groups -OCH3 is 2. The molecule has 0 saturated heterocycles. The lowest BCUT2D eigenvalue weighted by Gasteiger charge is -2.26. The lowest BCUT2D eigenvalue weighted by molar-refractivity contribution is -0.139. The SMILES string of the molecule is CCOC(=O)C1=C(C)N=c2sc(=Cc3ccc(C(C)C)cc3)c(=O)n2C1c1cc(OC)ccc1OC. The summed E-state index contributed by atoms with van der Waals surface area (Å²) in [7, 11) is 3.12. The molecule has 0 bridgehead atoms. The van der Waals surface area contributed by atoms with Crippen LogP contribution >= 0.6 is 11.3 Å². The molecule has 0 amide bonds. The van der Waals surface area contributed by atoms with Crippen LogP contribution in [0.2, 0.25) is 0 Å². The highest BCUT2D eigenvalue weighted by Gasteiger charge is 2.35. The van der Waals surface area contributed by atoms with E-state index >= 15 is 0 Å². The van der Waals surface area contributed by atoms with Crippen LogP contribution < -0.4 is 24.4 Å². The van der Waals surface area contributed by atoms with Crippen molar-refractivity contribution in [2.75, 3.05) is 20.8 Å². The highest BCUT2D eigenvalue weighted by atomic mass is 32.1. The summed E-state index contributed by atoms with van der Waals surface area (Å²) in [6.07, 6.45) is 1.86. The minimum atomic E-state index is -0.782. The molecule has 1 aliphatic heterocycles. The van der Waals surface area contributed by atoms with Gasteiger partial charge in [-0.1, -0.05) is 49.4 Å². The van der Waals surface area contributed by atoms with E-state index in [0.717, 1.165) is 5.56 Å². The Balaban J connectivity index is 1.96. The Morgan fingerprint density at radius 3 is 2.47 bits per heavy atom. The molecule has 1 aliphatic rings. The summed E-state index contributed by atoms with van der Waals surface area (Å²) in [6.45, 7) is 7.99. The van der Waals surface area contributed by atoms with Crippen LogP contribution in [0.5, 0.6) is 11.5 Å². The molecule has 1 atom stereocenters. The number of hydrogen-bond donors (Lipinski definition) is 0. The normalized spacial score (nSPS) is 15.5. The van der Waals surface area contributed by atoms with E-state index in [9.17, 15) is 9.59 Å². The molecule has 0 N–H and O–H groups in total. The van der Waals surface area contributed by atoms with Gasteiger partial charge in [-0.05, 0) is 55.2 Å². The van der Waals surface area contributed by atoms with E-state index in [4.69, 9.17) is 14.2 Å². The smallest absolute Gasteiger partial charge is 0.338 e. The molecule has 1 unspecified atom stereocenters. The lowest BCUT2D eigenvalue weighted by atomic mass is 9.94. The van der Waals surface area contributed by atoms with Gasteiger partial charge in [0.05, 0.1) is 36.6 Å². The van der Waals surface area contributed by atoms with Crippen LogP contribution in [0.15, 0.2) is 63.5 Å². The van der Waals surface area contributed by atoms with Crippen LogP contribution in [-0.2, 0) is 9.53 Å². The molecule has 4 rings (SSSR count). The molecule has 0 saturated carbocycles. The second kappa shape index (κ2) is 10.5. The fraction of sp³-hybridized carbons (Fsp3) is 0.321. The highest BCUT2D eigenvalue weighted by Crippen LogP contribution is 2.37. The van der Waals surface area contributed by atoms with Gasteiger partial charge in [-0.15, -0.1) is 0 Å². The molecule has 0 fully saturated rings. The summed E-state index contributed by atoms with van der Waals surface area (Å²) in [6, 6.07) is 12.7. The summed E-state index contributed by atoms with van der Waals surface area (Å²) in [5.41, 5.74) is 3.31. The van der Waals surface area contributed by atoms with Crippen molar-refractivity contribution in [1.82, 2.24) is 4.57 Å². The van der Waals surface area contributed by atoms with Gasteiger partial charge in [-0.3, -0.25) is 9.36 Å². The van der Waals surface area contributed by atoms with Gasteiger partial charge in [0.1, 0.15) is 17.5 Å². The maximum absolute atomic E-state index is 13.8. The van der Waals surface area contributed by atoms with Gasteiger partial charge in [0.25, 0.3) is 5.56 Å². The number of fused-ring (bicyclic) bond motifs is 1. The maximum atomic E-state index is 13.8. The van der Waals surface area contributed by atoms with Crippen molar-refractivity contribution in [3.63, 3.8) is 0 Å². The summed E-state index contributed by atoms with van der Waals surface area (Å²) >= 11 is 1.29. The van der Waals surface area contributed by atoms with Crippen molar-refractivity contribution in [3.05, 3.63) is 90.1 Å². The molecular formula is C28H30N2O5S. The topological polar surface area (TPSA) is 79.1 Å². The number of carbonyl (C=O) groups is 1. The van der Waals surface area contributed by atoms with Gasteiger partial charge in [-0.25, -0.2) is 9.79 Å². The molecule has 0 radical (unpaired) electrons. The largest absolute Gasteiger partial charge is 0.497 e. The van der Waals surface area contributed by atoms with Crippen LogP contribution in [-0.4, -0.2) is 31.4 Å². The number of thiazole rings is 1. The molecule has 8 heteroatoms. The Bertz CT molecular complexity index is 1500. The molecule has 36 heavy (non-hydrogen) atoms. The highest BCUT2D eigenvalue weighted by molar-refractivity contribution is 7.07. The Kier molecular flexibility index (Phi) is 7.45. The third kappa shape index (κ3) is 4.73. The Labute approximate surface area is 214 Å². The van der Waals surface area contributed by atoms with Crippen molar-refractivity contribution in [3.8, 4) is 11.5 Å². The van der Waals surface area contributed by atoms with E-state index < -0.39 is 12.0 Å². The van der Waals surface area contributed by atoms with Crippen molar-refractivity contribution in [1.29, 1.82) is 0 Å². The lowest BCUT2D eigenvalue weighted by Crippen LogP contribution is -2.40. The minimum absolute atomic E-state index is 0.203. The van der Waals surface area contributed by atoms with Crippen LogP contribution in [0.1, 0.15) is 56.3 Å². The Morgan fingerprint density at radius 2 is 1.86 bits per heavy atom. The van der Waals surface area contributed by atoms with Crippen molar-refractivity contribution >= 4 is 23.4 Å². The fourth-order valence-electron chi connectivity index (χ4n) is 4.27. The molecular weight excluding hydrogens is 476 g/mol. The molecule has 7 nitrogen and oxygen atoms in total. The predicted molar refractivity (Wildman–Crippen MR) is 140 cm³/mol. The second-order valence-corrected chi connectivity index (χ2v) is 9.74. The van der Waals surface area contributed by atoms with Crippen LogP contribution in [0.3, 0.4) is 0 Å². The zero-order valence-electron chi connectivity index (χ0n) is 21.3. The summed E-state index contributed by atoms with van der Waals surface area (Å²) in [4.78, 5) is 32.1. The number of allylic oxidation sites excluding steroid dienone is 1. The summed E-state index contributed by atoms with van der Waals surface area (Å²) in [5, 5.41) is 0. The monoisotopic (exact) mass is 506 g/mol. The van der Waals surface area contributed by atoms with Gasteiger partial charge in [0, 0.05) is 5.56 Å². The first-order valence-electron chi connectivity index (χ1n) is 11.8. The molecule has 188 valence electrons. The molecule has 2 aromatic carbocycles. The Hall–Kier alpha value is -3.65. The molecule has 1 aromatic heterocycles. The number of benzene rings is 2. The summed E-state index contributed by atoms with van der Waals surface area (Å²) in [5.74, 6) is 1.01. The summed E-state index contributed by atoms with van der Waals surface area (Å²) < 4.78 is 18.5. The number of hydrogen-bond acceptors (Lipinski definition) is 7. The standard InChI is InChI=1S/C28H30N2O5S/c1-7-35-27(32)24-17(4)29-28-30(25(24)21-15-20(33-5)12-13-22(21)34-6)26(31)23(36-28)14-18-8-10-19(11-9-18)16(2)3/h8-16,25H,7H2,1-6H3. The average Bonchev–Trinajstić information content (AvgIpc) is 3.17. The van der Waals surface area contributed by atoms with E-state index in [2.05, 4.69) is 31.0 Å². The van der Waals surface area contributed by atoms with Crippen molar-refractivity contribution < 1.29 is 19.0 Å². The predicted octanol–water partition coefficient (Wildman–Crippen LogP) is 3.94. The first-order valence-corrected chi connectivity index (χ1v) is 12.6. The molecule has 0 spiro atoms. The minimum Gasteiger partial charge on any atom is -0.497 e. The third-order valence-electron chi connectivity index (χ3n) is 6.15. The van der Waals surface area contributed by atoms with E-state index in [-0.39, 0.29) is 12.2 Å². The number of ether oxygens (including phenoxy) is 3. The zero-order valence-corrected chi connectivity index (χ0v) is 22.1. The van der Waals surface area contributed by atoms with Gasteiger partial charge in [0.15, 0.2) is 4.80 Å². The van der Waals surface area contributed by atoms with Gasteiger partial charge < -0.3 is 14.2 Å². The van der Waals surface area contributed by atoms with Crippen LogP contribution in [0.4, 0.5) is 0 Å². The third-order valence-corrected chi connectivity index (χ3v) is 7.13. The van der Waals surface area contributed by atoms with E-state index in [0.29, 0.717) is 43.6 Å². The molecule has 3 aromatic rings. The first-order chi connectivity index (χ1) is 17.3. The average molecular weight is 507 g/mol. The second-order valence-electron chi connectivity index (χ2n) is 8.73. The quantitative estimate of drug-likeness (QED) is 0.454. The number of esters is 1. The number of rotatable bonds is 7. The number of carbonyl (C=O) groups excluding carboxylic acids is 1. The zero-order chi connectivity index (χ0) is 26.0. The van der Waals surface area contributed by atoms with Gasteiger partial charge in [0.2, 0.25) is 0 Å². The van der Waals surface area contributed by atoms with Crippen molar-refractivity contribution in [2.24, 2.45) is 4.99 Å². The first kappa shape index (κ1) is 25.4. The van der Waals surface area contributed by atoms with Gasteiger partial charge in [-0.2, -0.15) is 0 Å². The van der Waals surface area contributed by atoms with E-state index in [1.165, 1.54) is 16.9 Å². The van der Waals surface area contributed by atoms with Crippen LogP contribution in [0, 0.1) is 0 Å². The molecule has 0 aliphatic carbocycles. The fourth-order valence-corrected chi connectivity index (χ4v) is 5.31. The van der Waals surface area contributed by atoms with Crippen LogP contribution in [0.25, 0.3) is 6.08 Å². The Morgan fingerprint density at radius 1 is 1.14 bits per heavy atom. The number of aromatic nitrogens is 1. The maximum Gasteiger partial charge on any atom is 0.338 e. The molecule has 2 heterocycles.